The number of rotatable bonds is 3. The molecular formula is C9H8N2O2S. The average molecular weight is 208 g/mol. The van der Waals surface area contributed by atoms with Crippen molar-refractivity contribution in [2.24, 2.45) is 0 Å². The summed E-state index contributed by atoms with van der Waals surface area (Å²) in [5.74, 6) is -0.873. The molecule has 2 heterocycles. The summed E-state index contributed by atoms with van der Waals surface area (Å²) in [5.41, 5.74) is 0. The normalized spacial score (nSPS) is 10.3. The third-order valence-corrected chi connectivity index (χ3v) is 2.81. The second-order valence-corrected chi connectivity index (χ2v) is 3.94. The van der Waals surface area contributed by atoms with Gasteiger partial charge in [-0.25, -0.2) is 4.79 Å². The van der Waals surface area contributed by atoms with Crippen LogP contribution >= 0.6 is 11.3 Å². The van der Waals surface area contributed by atoms with Crippen LogP contribution in [0, 0.1) is 0 Å². The minimum absolute atomic E-state index is 0.368. The zero-order chi connectivity index (χ0) is 9.97. The van der Waals surface area contributed by atoms with Gasteiger partial charge in [-0.2, -0.15) is 5.10 Å². The molecule has 0 bridgehead atoms. The van der Waals surface area contributed by atoms with Crippen LogP contribution in [0.25, 0.3) is 0 Å². The Kier molecular flexibility index (Phi) is 2.32. The number of carbonyl (C=O) groups is 1. The van der Waals surface area contributed by atoms with Gasteiger partial charge in [-0.3, -0.25) is 4.68 Å². The van der Waals surface area contributed by atoms with Crippen LogP contribution in [0.5, 0.6) is 0 Å². The Morgan fingerprint density at radius 3 is 3.00 bits per heavy atom. The molecule has 0 fully saturated rings. The quantitative estimate of drug-likeness (QED) is 0.835. The van der Waals surface area contributed by atoms with Gasteiger partial charge in [0.05, 0.1) is 6.54 Å². The lowest BCUT2D eigenvalue weighted by Crippen LogP contribution is -1.97. The summed E-state index contributed by atoms with van der Waals surface area (Å²) >= 11 is 1.28. The third kappa shape index (κ3) is 1.82. The van der Waals surface area contributed by atoms with Crippen LogP contribution < -0.4 is 0 Å². The fraction of sp³-hybridized carbons (Fsp3) is 0.111. The van der Waals surface area contributed by atoms with Gasteiger partial charge in [0, 0.05) is 17.3 Å². The van der Waals surface area contributed by atoms with Crippen molar-refractivity contribution in [3.63, 3.8) is 0 Å². The zero-order valence-electron chi connectivity index (χ0n) is 7.25. The SMILES string of the molecule is O=C(O)c1ccc(Cn2cccn2)s1. The minimum Gasteiger partial charge on any atom is -0.477 e. The molecule has 0 radical (unpaired) electrons. The number of aromatic carboxylic acids is 1. The predicted octanol–water partition coefficient (Wildman–Crippen LogP) is 1.69. The van der Waals surface area contributed by atoms with Crippen LogP contribution in [0.1, 0.15) is 14.5 Å². The van der Waals surface area contributed by atoms with E-state index in [0.29, 0.717) is 11.4 Å². The molecule has 0 aliphatic rings. The Balaban J connectivity index is 2.14. The molecule has 0 aromatic carbocycles. The lowest BCUT2D eigenvalue weighted by atomic mass is 10.4. The van der Waals surface area contributed by atoms with Crippen LogP contribution in [0.4, 0.5) is 0 Å². The number of nitrogens with zero attached hydrogens (tertiary/aromatic N) is 2. The largest absolute Gasteiger partial charge is 0.477 e. The van der Waals surface area contributed by atoms with Crippen molar-refractivity contribution in [2.75, 3.05) is 0 Å². The van der Waals surface area contributed by atoms with Crippen LogP contribution in [0.2, 0.25) is 0 Å². The molecule has 0 aliphatic carbocycles. The van der Waals surface area contributed by atoms with E-state index in [4.69, 9.17) is 5.11 Å². The number of carboxylic acids is 1. The van der Waals surface area contributed by atoms with E-state index in [1.54, 1.807) is 16.9 Å². The van der Waals surface area contributed by atoms with Crippen molar-refractivity contribution in [2.45, 2.75) is 6.54 Å². The van der Waals surface area contributed by atoms with E-state index in [-0.39, 0.29) is 0 Å². The van der Waals surface area contributed by atoms with E-state index in [1.807, 2.05) is 18.3 Å². The van der Waals surface area contributed by atoms with Gasteiger partial charge in [-0.1, -0.05) is 0 Å². The molecule has 0 amide bonds. The van der Waals surface area contributed by atoms with Crippen molar-refractivity contribution in [1.82, 2.24) is 9.78 Å². The second kappa shape index (κ2) is 3.63. The lowest BCUT2D eigenvalue weighted by Gasteiger charge is -1.96. The summed E-state index contributed by atoms with van der Waals surface area (Å²) in [6.07, 6.45) is 3.55. The molecule has 0 aliphatic heterocycles. The fourth-order valence-corrected chi connectivity index (χ4v) is 1.97. The molecular weight excluding hydrogens is 200 g/mol. The topological polar surface area (TPSA) is 55.1 Å². The Hall–Kier alpha value is -1.62. The van der Waals surface area contributed by atoms with E-state index in [0.717, 1.165) is 4.88 Å². The molecule has 4 nitrogen and oxygen atoms in total. The standard InChI is InChI=1S/C9H8N2O2S/c12-9(13)8-3-2-7(14-8)6-11-5-1-4-10-11/h1-5H,6H2,(H,12,13). The first kappa shape index (κ1) is 8.96. The Morgan fingerprint density at radius 2 is 2.43 bits per heavy atom. The summed E-state index contributed by atoms with van der Waals surface area (Å²) in [7, 11) is 0. The summed E-state index contributed by atoms with van der Waals surface area (Å²) in [4.78, 5) is 12.0. The van der Waals surface area contributed by atoms with E-state index in [2.05, 4.69) is 5.10 Å². The number of thiophene rings is 1. The molecule has 2 aromatic rings. The van der Waals surface area contributed by atoms with Crippen molar-refractivity contribution in [1.29, 1.82) is 0 Å². The molecule has 5 heteroatoms. The summed E-state index contributed by atoms with van der Waals surface area (Å²) in [5, 5.41) is 12.8. The van der Waals surface area contributed by atoms with Crippen molar-refractivity contribution < 1.29 is 9.90 Å². The van der Waals surface area contributed by atoms with Gasteiger partial charge >= 0.3 is 5.97 Å². The zero-order valence-corrected chi connectivity index (χ0v) is 8.07. The Morgan fingerprint density at radius 1 is 1.57 bits per heavy atom. The molecule has 0 atom stereocenters. The highest BCUT2D eigenvalue weighted by Gasteiger charge is 2.06. The van der Waals surface area contributed by atoms with E-state index in [9.17, 15) is 4.79 Å². The molecule has 14 heavy (non-hydrogen) atoms. The number of aromatic nitrogens is 2. The van der Waals surface area contributed by atoms with Gasteiger partial charge in [0.25, 0.3) is 0 Å². The molecule has 72 valence electrons. The van der Waals surface area contributed by atoms with Crippen molar-refractivity contribution in [3.05, 3.63) is 40.3 Å². The maximum absolute atomic E-state index is 10.6. The molecule has 0 saturated carbocycles. The van der Waals surface area contributed by atoms with Crippen molar-refractivity contribution >= 4 is 17.3 Å². The number of hydrogen-bond acceptors (Lipinski definition) is 3. The van der Waals surface area contributed by atoms with Gasteiger partial charge in [-0.15, -0.1) is 11.3 Å². The average Bonchev–Trinajstić information content (AvgIpc) is 2.75. The molecule has 2 aromatic heterocycles. The second-order valence-electron chi connectivity index (χ2n) is 2.77. The first-order valence-electron chi connectivity index (χ1n) is 4.05. The highest BCUT2D eigenvalue weighted by Crippen LogP contribution is 2.17. The summed E-state index contributed by atoms with van der Waals surface area (Å²) < 4.78 is 1.76. The van der Waals surface area contributed by atoms with Crippen LogP contribution in [0.3, 0.4) is 0 Å². The highest BCUT2D eigenvalue weighted by molar-refractivity contribution is 7.13. The Labute approximate surface area is 84.4 Å². The van der Waals surface area contributed by atoms with Crippen LogP contribution in [-0.4, -0.2) is 20.9 Å². The van der Waals surface area contributed by atoms with Crippen LogP contribution in [-0.2, 0) is 6.54 Å². The Bertz CT molecular complexity index is 433. The summed E-state index contributed by atoms with van der Waals surface area (Å²) in [6.45, 7) is 0.630. The number of hydrogen-bond donors (Lipinski definition) is 1. The lowest BCUT2D eigenvalue weighted by molar-refractivity contribution is 0.0702. The van der Waals surface area contributed by atoms with Crippen molar-refractivity contribution in [3.8, 4) is 0 Å². The molecule has 0 unspecified atom stereocenters. The minimum atomic E-state index is -0.873. The predicted molar refractivity (Wildman–Crippen MR) is 52.6 cm³/mol. The highest BCUT2D eigenvalue weighted by atomic mass is 32.1. The maximum atomic E-state index is 10.6. The van der Waals surface area contributed by atoms with Gasteiger partial charge in [0.15, 0.2) is 0 Å². The van der Waals surface area contributed by atoms with E-state index < -0.39 is 5.97 Å². The van der Waals surface area contributed by atoms with Gasteiger partial charge in [-0.05, 0) is 18.2 Å². The first-order valence-corrected chi connectivity index (χ1v) is 4.87. The number of carboxylic acid groups (broad SMARTS) is 1. The molecule has 0 saturated heterocycles. The first-order chi connectivity index (χ1) is 6.75. The smallest absolute Gasteiger partial charge is 0.345 e. The monoisotopic (exact) mass is 208 g/mol. The molecule has 0 spiro atoms. The summed E-state index contributed by atoms with van der Waals surface area (Å²) in [6, 6.07) is 5.27. The molecule has 1 N–H and O–H groups in total. The van der Waals surface area contributed by atoms with E-state index >= 15 is 0 Å². The maximum Gasteiger partial charge on any atom is 0.345 e. The van der Waals surface area contributed by atoms with Gasteiger partial charge in [0.2, 0.25) is 0 Å². The van der Waals surface area contributed by atoms with E-state index in [1.165, 1.54) is 11.3 Å². The fourth-order valence-electron chi connectivity index (χ4n) is 1.13. The van der Waals surface area contributed by atoms with Gasteiger partial charge in [0.1, 0.15) is 4.88 Å². The van der Waals surface area contributed by atoms with Crippen LogP contribution in [0.15, 0.2) is 30.6 Å². The van der Waals surface area contributed by atoms with Gasteiger partial charge < -0.3 is 5.11 Å². The third-order valence-electron chi connectivity index (χ3n) is 1.75. The molecule has 2 rings (SSSR count).